The molecule has 0 saturated carbocycles. The Hall–Kier alpha value is -3.15. The van der Waals surface area contributed by atoms with Gasteiger partial charge in [-0.25, -0.2) is 0 Å². The molecule has 3 aromatic rings. The number of rotatable bonds is 6. The SMILES string of the molecule is CC(=O)Nc1cccc(NCc2nc(-c3ccc(C(C)C)cc3)no2)c1C. The number of benzene rings is 2. The molecule has 1 heterocycles. The summed E-state index contributed by atoms with van der Waals surface area (Å²) < 4.78 is 5.36. The van der Waals surface area contributed by atoms with Crippen molar-refractivity contribution in [2.75, 3.05) is 10.6 Å². The maximum atomic E-state index is 11.3. The highest BCUT2D eigenvalue weighted by atomic mass is 16.5. The van der Waals surface area contributed by atoms with Crippen LogP contribution < -0.4 is 10.6 Å². The molecule has 27 heavy (non-hydrogen) atoms. The number of carbonyl (C=O) groups is 1. The predicted octanol–water partition coefficient (Wildman–Crippen LogP) is 4.74. The van der Waals surface area contributed by atoms with Crippen LogP contribution in [0.5, 0.6) is 0 Å². The molecule has 0 fully saturated rings. The summed E-state index contributed by atoms with van der Waals surface area (Å²) in [6.45, 7) is 8.17. The summed E-state index contributed by atoms with van der Waals surface area (Å²) in [6, 6.07) is 13.9. The molecular formula is C21H24N4O2. The van der Waals surface area contributed by atoms with Gasteiger partial charge in [-0.1, -0.05) is 49.3 Å². The van der Waals surface area contributed by atoms with Gasteiger partial charge >= 0.3 is 0 Å². The van der Waals surface area contributed by atoms with Crippen LogP contribution in [0.3, 0.4) is 0 Å². The minimum absolute atomic E-state index is 0.0970. The number of amides is 1. The summed E-state index contributed by atoms with van der Waals surface area (Å²) in [6.07, 6.45) is 0. The molecule has 0 saturated heterocycles. The van der Waals surface area contributed by atoms with Gasteiger partial charge in [0.15, 0.2) is 0 Å². The van der Waals surface area contributed by atoms with Crippen molar-refractivity contribution in [3.05, 3.63) is 59.5 Å². The standard InChI is InChI=1S/C21H24N4O2/c1-13(2)16-8-10-17(11-9-16)21-24-20(27-25-21)12-22-18-6-5-7-19(14(18)3)23-15(4)26/h5-11,13,22H,12H2,1-4H3,(H,23,26). The minimum atomic E-state index is -0.0970. The topological polar surface area (TPSA) is 80.0 Å². The molecule has 140 valence electrons. The van der Waals surface area contributed by atoms with Crippen molar-refractivity contribution in [2.45, 2.75) is 40.2 Å². The predicted molar refractivity (Wildman–Crippen MR) is 107 cm³/mol. The summed E-state index contributed by atoms with van der Waals surface area (Å²) in [5.74, 6) is 1.47. The normalized spacial score (nSPS) is 10.9. The summed E-state index contributed by atoms with van der Waals surface area (Å²) in [5.41, 5.74) is 4.85. The van der Waals surface area contributed by atoms with E-state index in [4.69, 9.17) is 4.52 Å². The van der Waals surface area contributed by atoms with Crippen molar-refractivity contribution >= 4 is 17.3 Å². The number of nitrogens with zero attached hydrogens (tertiary/aromatic N) is 2. The maximum absolute atomic E-state index is 11.3. The first-order valence-electron chi connectivity index (χ1n) is 8.98. The van der Waals surface area contributed by atoms with Gasteiger partial charge in [0.05, 0.1) is 6.54 Å². The molecule has 6 nitrogen and oxygen atoms in total. The van der Waals surface area contributed by atoms with E-state index in [0.29, 0.717) is 24.2 Å². The molecule has 0 aliphatic rings. The number of nitrogens with one attached hydrogen (secondary N) is 2. The van der Waals surface area contributed by atoms with E-state index in [1.165, 1.54) is 12.5 Å². The van der Waals surface area contributed by atoms with Gasteiger partial charge in [-0.15, -0.1) is 0 Å². The van der Waals surface area contributed by atoms with Gasteiger partial charge < -0.3 is 15.2 Å². The summed E-state index contributed by atoms with van der Waals surface area (Å²) in [7, 11) is 0. The molecule has 0 aliphatic heterocycles. The quantitative estimate of drug-likeness (QED) is 0.660. The van der Waals surface area contributed by atoms with Gasteiger partial charge in [-0.3, -0.25) is 4.79 Å². The Labute approximate surface area is 159 Å². The fourth-order valence-electron chi connectivity index (χ4n) is 2.78. The number of aromatic nitrogens is 2. The first kappa shape index (κ1) is 18.6. The number of anilines is 2. The largest absolute Gasteiger partial charge is 0.376 e. The van der Waals surface area contributed by atoms with Gasteiger partial charge in [0.25, 0.3) is 0 Å². The fraction of sp³-hybridized carbons (Fsp3) is 0.286. The average molecular weight is 364 g/mol. The second kappa shape index (κ2) is 8.03. The highest BCUT2D eigenvalue weighted by Gasteiger charge is 2.11. The van der Waals surface area contributed by atoms with E-state index in [0.717, 1.165) is 22.5 Å². The van der Waals surface area contributed by atoms with E-state index >= 15 is 0 Å². The van der Waals surface area contributed by atoms with Gasteiger partial charge in [0, 0.05) is 23.9 Å². The van der Waals surface area contributed by atoms with Crippen molar-refractivity contribution in [3.8, 4) is 11.4 Å². The lowest BCUT2D eigenvalue weighted by Gasteiger charge is -2.12. The maximum Gasteiger partial charge on any atom is 0.246 e. The van der Waals surface area contributed by atoms with Crippen LogP contribution in [0.25, 0.3) is 11.4 Å². The number of carbonyl (C=O) groups excluding carboxylic acids is 1. The third-order valence-corrected chi connectivity index (χ3v) is 4.38. The van der Waals surface area contributed by atoms with Gasteiger partial charge in [-0.2, -0.15) is 4.98 Å². The molecule has 1 amide bonds. The molecule has 0 radical (unpaired) electrons. The molecule has 2 N–H and O–H groups in total. The Morgan fingerprint density at radius 3 is 2.48 bits per heavy atom. The Bertz CT molecular complexity index is 930. The highest BCUT2D eigenvalue weighted by molar-refractivity contribution is 5.90. The monoisotopic (exact) mass is 364 g/mol. The van der Waals surface area contributed by atoms with Crippen LogP contribution in [-0.4, -0.2) is 16.0 Å². The lowest BCUT2D eigenvalue weighted by Crippen LogP contribution is -2.09. The van der Waals surface area contributed by atoms with Crippen LogP contribution in [0.1, 0.15) is 43.7 Å². The summed E-state index contributed by atoms with van der Waals surface area (Å²) in [4.78, 5) is 15.7. The van der Waals surface area contributed by atoms with Crippen LogP contribution in [0.4, 0.5) is 11.4 Å². The van der Waals surface area contributed by atoms with Gasteiger partial charge in [0.1, 0.15) is 0 Å². The Morgan fingerprint density at radius 1 is 1.11 bits per heavy atom. The minimum Gasteiger partial charge on any atom is -0.376 e. The van der Waals surface area contributed by atoms with Gasteiger partial charge in [-0.05, 0) is 36.1 Å². The average Bonchev–Trinajstić information content (AvgIpc) is 3.11. The zero-order valence-electron chi connectivity index (χ0n) is 16.0. The molecule has 0 spiro atoms. The number of hydrogen-bond donors (Lipinski definition) is 2. The van der Waals surface area contributed by atoms with E-state index in [1.807, 2.05) is 37.3 Å². The third kappa shape index (κ3) is 4.53. The zero-order valence-corrected chi connectivity index (χ0v) is 16.0. The Morgan fingerprint density at radius 2 is 1.81 bits per heavy atom. The van der Waals surface area contributed by atoms with Crippen LogP contribution in [-0.2, 0) is 11.3 Å². The van der Waals surface area contributed by atoms with Crippen LogP contribution in [0, 0.1) is 6.92 Å². The Balaban J connectivity index is 1.69. The lowest BCUT2D eigenvalue weighted by molar-refractivity contribution is -0.114. The molecule has 3 rings (SSSR count). The first-order chi connectivity index (χ1) is 12.9. The smallest absolute Gasteiger partial charge is 0.246 e. The van der Waals surface area contributed by atoms with Crippen molar-refractivity contribution in [1.29, 1.82) is 0 Å². The molecule has 1 aromatic heterocycles. The molecule has 0 atom stereocenters. The van der Waals surface area contributed by atoms with Crippen molar-refractivity contribution in [2.24, 2.45) is 0 Å². The fourth-order valence-corrected chi connectivity index (χ4v) is 2.78. The second-order valence-corrected chi connectivity index (χ2v) is 6.80. The number of hydrogen-bond acceptors (Lipinski definition) is 5. The Kier molecular flexibility index (Phi) is 5.54. The third-order valence-electron chi connectivity index (χ3n) is 4.38. The van der Waals surface area contributed by atoms with E-state index < -0.39 is 0 Å². The molecule has 2 aromatic carbocycles. The molecule has 6 heteroatoms. The van der Waals surface area contributed by atoms with E-state index in [1.54, 1.807) is 0 Å². The van der Waals surface area contributed by atoms with Crippen LogP contribution in [0.15, 0.2) is 47.0 Å². The summed E-state index contributed by atoms with van der Waals surface area (Å²) in [5, 5.41) is 10.2. The summed E-state index contributed by atoms with van der Waals surface area (Å²) >= 11 is 0. The van der Waals surface area contributed by atoms with Crippen molar-refractivity contribution < 1.29 is 9.32 Å². The zero-order chi connectivity index (χ0) is 19.4. The second-order valence-electron chi connectivity index (χ2n) is 6.80. The van der Waals surface area contributed by atoms with E-state index in [2.05, 4.69) is 46.8 Å². The van der Waals surface area contributed by atoms with Crippen LogP contribution >= 0.6 is 0 Å². The van der Waals surface area contributed by atoms with E-state index in [9.17, 15) is 4.79 Å². The molecule has 0 aliphatic carbocycles. The van der Waals surface area contributed by atoms with E-state index in [-0.39, 0.29) is 5.91 Å². The lowest BCUT2D eigenvalue weighted by atomic mass is 10.0. The van der Waals surface area contributed by atoms with Crippen molar-refractivity contribution in [3.63, 3.8) is 0 Å². The molecule has 0 unspecified atom stereocenters. The first-order valence-corrected chi connectivity index (χ1v) is 8.98. The highest BCUT2D eigenvalue weighted by Crippen LogP contribution is 2.24. The molecule has 0 bridgehead atoms. The van der Waals surface area contributed by atoms with Crippen molar-refractivity contribution in [1.82, 2.24) is 10.1 Å². The van der Waals surface area contributed by atoms with Gasteiger partial charge in [0.2, 0.25) is 17.6 Å². The molecular weight excluding hydrogens is 340 g/mol. The van der Waals surface area contributed by atoms with Crippen LogP contribution in [0.2, 0.25) is 0 Å².